The van der Waals surface area contributed by atoms with Crippen LogP contribution < -0.4 is 5.32 Å². The smallest absolute Gasteiger partial charge is 0.248 e. The van der Waals surface area contributed by atoms with Crippen LogP contribution in [0.15, 0.2) is 24.3 Å². The number of hydrogen-bond acceptors (Lipinski definition) is 5. The fourth-order valence-corrected chi connectivity index (χ4v) is 4.50. The van der Waals surface area contributed by atoms with Crippen LogP contribution in [0.25, 0.3) is 10.2 Å². The molecule has 1 aliphatic rings. The van der Waals surface area contributed by atoms with Crippen molar-refractivity contribution in [2.75, 3.05) is 11.9 Å². The highest BCUT2D eigenvalue weighted by atomic mass is 35.5. The number of carbonyl (C=O) groups excluding carboxylic acids is 2. The summed E-state index contributed by atoms with van der Waals surface area (Å²) in [6.07, 6.45) is 1.43. The third-order valence-corrected chi connectivity index (χ3v) is 6.48. The van der Waals surface area contributed by atoms with Crippen LogP contribution >= 0.6 is 22.9 Å². The Balaban J connectivity index is 1.46. The highest BCUT2D eigenvalue weighted by Crippen LogP contribution is 2.27. The molecule has 0 radical (unpaired) electrons. The average Bonchev–Trinajstić information content (AvgIpc) is 3.36. The minimum Gasteiger partial charge on any atom is -0.329 e. The summed E-state index contributed by atoms with van der Waals surface area (Å²) in [6, 6.07) is 7.23. The minimum absolute atomic E-state index is 0.0737. The largest absolute Gasteiger partial charge is 0.329 e. The summed E-state index contributed by atoms with van der Waals surface area (Å²) in [7, 11) is 0. The number of likely N-dealkylation sites (tertiary alicyclic amines) is 1. The SMILES string of the molecule is Cc1nn(CC(=O)N2CCCC2C(=O)Nc2nc3ccccc3s2)c(C)c1Cl. The number of halogens is 1. The van der Waals surface area contributed by atoms with E-state index in [4.69, 9.17) is 11.6 Å². The maximum absolute atomic E-state index is 12.8. The van der Waals surface area contributed by atoms with Gasteiger partial charge in [-0.25, -0.2) is 4.98 Å². The van der Waals surface area contributed by atoms with Gasteiger partial charge in [0.15, 0.2) is 5.13 Å². The van der Waals surface area contributed by atoms with Crippen molar-refractivity contribution in [1.29, 1.82) is 0 Å². The Kier molecular flexibility index (Phi) is 5.07. The van der Waals surface area contributed by atoms with E-state index in [1.807, 2.05) is 31.2 Å². The Morgan fingerprint density at radius 3 is 2.82 bits per heavy atom. The molecule has 3 heterocycles. The van der Waals surface area contributed by atoms with Crippen molar-refractivity contribution in [3.05, 3.63) is 40.7 Å². The number of benzene rings is 1. The molecule has 1 atom stereocenters. The molecule has 1 saturated heterocycles. The van der Waals surface area contributed by atoms with Gasteiger partial charge in [-0.05, 0) is 38.8 Å². The van der Waals surface area contributed by atoms with Gasteiger partial charge in [0.25, 0.3) is 0 Å². The molecule has 2 amide bonds. The molecule has 1 unspecified atom stereocenters. The van der Waals surface area contributed by atoms with E-state index in [1.54, 1.807) is 16.5 Å². The summed E-state index contributed by atoms with van der Waals surface area (Å²) in [5.41, 5.74) is 2.30. The van der Waals surface area contributed by atoms with E-state index in [1.165, 1.54) is 11.3 Å². The summed E-state index contributed by atoms with van der Waals surface area (Å²) >= 11 is 7.59. The van der Waals surface area contributed by atoms with Gasteiger partial charge in [0.05, 0.1) is 26.6 Å². The molecule has 0 bridgehead atoms. The van der Waals surface area contributed by atoms with Crippen LogP contribution in [0.3, 0.4) is 0 Å². The maximum Gasteiger partial charge on any atom is 0.248 e. The normalized spacial score (nSPS) is 16.7. The van der Waals surface area contributed by atoms with Gasteiger partial charge < -0.3 is 10.2 Å². The van der Waals surface area contributed by atoms with Crippen LogP contribution in [0.4, 0.5) is 5.13 Å². The number of thiazole rings is 1. The van der Waals surface area contributed by atoms with Crippen LogP contribution in [0.2, 0.25) is 5.02 Å². The summed E-state index contributed by atoms with van der Waals surface area (Å²) in [4.78, 5) is 31.7. The number of nitrogens with zero attached hydrogens (tertiary/aromatic N) is 4. The number of carbonyl (C=O) groups is 2. The zero-order chi connectivity index (χ0) is 19.8. The molecule has 0 aliphatic carbocycles. The van der Waals surface area contributed by atoms with Gasteiger partial charge in [0, 0.05) is 6.54 Å². The number of fused-ring (bicyclic) bond motifs is 1. The highest BCUT2D eigenvalue weighted by Gasteiger charge is 2.34. The van der Waals surface area contributed by atoms with Gasteiger partial charge in [-0.2, -0.15) is 5.10 Å². The van der Waals surface area contributed by atoms with E-state index in [2.05, 4.69) is 15.4 Å². The number of para-hydroxylation sites is 1. The Hall–Kier alpha value is -2.45. The van der Waals surface area contributed by atoms with Gasteiger partial charge >= 0.3 is 0 Å². The standard InChI is InChI=1S/C19H20ClN5O2S/c1-11-17(20)12(2)25(23-11)10-16(26)24-9-5-7-14(24)18(27)22-19-21-13-6-3-4-8-15(13)28-19/h3-4,6,8,14H,5,7,9-10H2,1-2H3,(H,21,22,27). The summed E-state index contributed by atoms with van der Waals surface area (Å²) < 4.78 is 2.61. The second-order valence-electron chi connectivity index (χ2n) is 6.86. The molecule has 146 valence electrons. The number of aromatic nitrogens is 3. The molecule has 2 aromatic heterocycles. The van der Waals surface area contributed by atoms with Crippen LogP contribution in [0.1, 0.15) is 24.2 Å². The Morgan fingerprint density at radius 2 is 2.11 bits per heavy atom. The van der Waals surface area contributed by atoms with Crippen molar-refractivity contribution in [3.63, 3.8) is 0 Å². The number of amides is 2. The van der Waals surface area contributed by atoms with Gasteiger partial charge in [0.1, 0.15) is 12.6 Å². The van der Waals surface area contributed by atoms with Crippen molar-refractivity contribution < 1.29 is 9.59 Å². The van der Waals surface area contributed by atoms with Gasteiger partial charge in [-0.15, -0.1) is 0 Å². The Labute approximate surface area is 171 Å². The van der Waals surface area contributed by atoms with Crippen molar-refractivity contribution in [1.82, 2.24) is 19.7 Å². The first-order valence-electron chi connectivity index (χ1n) is 9.09. The quantitative estimate of drug-likeness (QED) is 0.705. The van der Waals surface area contributed by atoms with E-state index in [0.29, 0.717) is 28.8 Å². The summed E-state index contributed by atoms with van der Waals surface area (Å²) in [6.45, 7) is 4.27. The number of rotatable bonds is 4. The van der Waals surface area contributed by atoms with Gasteiger partial charge in [0.2, 0.25) is 11.8 Å². The maximum atomic E-state index is 12.8. The molecule has 4 rings (SSSR count). The van der Waals surface area contributed by atoms with E-state index in [0.717, 1.165) is 22.3 Å². The van der Waals surface area contributed by atoms with Crippen molar-refractivity contribution >= 4 is 50.1 Å². The topological polar surface area (TPSA) is 80.1 Å². The Bertz CT molecular complexity index is 1030. The lowest BCUT2D eigenvalue weighted by Gasteiger charge is -2.23. The molecular formula is C19H20ClN5O2S. The molecule has 1 aliphatic heterocycles. The summed E-state index contributed by atoms with van der Waals surface area (Å²) in [5, 5.41) is 8.31. The third kappa shape index (κ3) is 3.49. The molecule has 1 fully saturated rings. The lowest BCUT2D eigenvalue weighted by Crippen LogP contribution is -2.44. The van der Waals surface area contributed by atoms with Crippen molar-refractivity contribution in [2.45, 2.75) is 39.3 Å². The summed E-state index contributed by atoms with van der Waals surface area (Å²) in [5.74, 6) is -0.333. The molecular weight excluding hydrogens is 398 g/mol. The van der Waals surface area contributed by atoms with E-state index < -0.39 is 6.04 Å². The third-order valence-electron chi connectivity index (χ3n) is 4.98. The van der Waals surface area contributed by atoms with Gasteiger partial charge in [-0.3, -0.25) is 14.3 Å². The van der Waals surface area contributed by atoms with Crippen molar-refractivity contribution in [2.24, 2.45) is 0 Å². The predicted molar refractivity (Wildman–Crippen MR) is 110 cm³/mol. The van der Waals surface area contributed by atoms with Crippen LogP contribution in [0, 0.1) is 13.8 Å². The molecule has 9 heteroatoms. The van der Waals surface area contributed by atoms with E-state index >= 15 is 0 Å². The fraction of sp³-hybridized carbons (Fsp3) is 0.368. The van der Waals surface area contributed by atoms with E-state index in [-0.39, 0.29) is 18.4 Å². The molecule has 0 saturated carbocycles. The first-order chi connectivity index (χ1) is 13.4. The molecule has 0 spiro atoms. The second-order valence-corrected chi connectivity index (χ2v) is 8.27. The lowest BCUT2D eigenvalue weighted by atomic mass is 10.2. The molecule has 28 heavy (non-hydrogen) atoms. The minimum atomic E-state index is -0.494. The second kappa shape index (κ2) is 7.52. The van der Waals surface area contributed by atoms with Crippen LogP contribution in [-0.2, 0) is 16.1 Å². The molecule has 7 nitrogen and oxygen atoms in total. The van der Waals surface area contributed by atoms with Crippen LogP contribution in [0.5, 0.6) is 0 Å². The molecule has 1 aromatic carbocycles. The monoisotopic (exact) mass is 417 g/mol. The fourth-order valence-electron chi connectivity index (χ4n) is 3.50. The van der Waals surface area contributed by atoms with Crippen LogP contribution in [-0.4, -0.2) is 44.1 Å². The predicted octanol–water partition coefficient (Wildman–Crippen LogP) is 3.39. The first-order valence-corrected chi connectivity index (χ1v) is 10.3. The number of hydrogen-bond donors (Lipinski definition) is 1. The highest BCUT2D eigenvalue weighted by molar-refractivity contribution is 7.22. The van der Waals surface area contributed by atoms with Crippen molar-refractivity contribution in [3.8, 4) is 0 Å². The molecule has 1 N–H and O–H groups in total. The first kappa shape index (κ1) is 18.9. The molecule has 3 aromatic rings. The average molecular weight is 418 g/mol. The Morgan fingerprint density at radius 1 is 1.32 bits per heavy atom. The number of aryl methyl sites for hydroxylation is 1. The zero-order valence-electron chi connectivity index (χ0n) is 15.6. The lowest BCUT2D eigenvalue weighted by molar-refractivity contribution is -0.137. The van der Waals surface area contributed by atoms with Gasteiger partial charge in [-0.1, -0.05) is 35.1 Å². The number of nitrogens with one attached hydrogen (secondary N) is 1. The van der Waals surface area contributed by atoms with E-state index in [9.17, 15) is 9.59 Å². The zero-order valence-corrected chi connectivity index (χ0v) is 17.2. The number of anilines is 1.